The van der Waals surface area contributed by atoms with E-state index in [0.717, 1.165) is 21.0 Å². The zero-order valence-electron chi connectivity index (χ0n) is 14.5. The number of nitrogens with zero attached hydrogens (tertiary/aromatic N) is 2. The average molecular weight is 400 g/mol. The summed E-state index contributed by atoms with van der Waals surface area (Å²) in [6.07, 6.45) is 5.12. The fourth-order valence-electron chi connectivity index (χ4n) is 4.43. The quantitative estimate of drug-likeness (QED) is 0.340. The highest BCUT2D eigenvalue weighted by atomic mass is 32.2. The Morgan fingerprint density at radius 2 is 1.96 bits per heavy atom. The third kappa shape index (κ3) is 2.54. The van der Waals surface area contributed by atoms with Crippen LogP contribution in [-0.2, 0) is 19.1 Å². The van der Waals surface area contributed by atoms with Crippen molar-refractivity contribution in [2.45, 2.75) is 10.8 Å². The largest absolute Gasteiger partial charge is 0.468 e. The van der Waals surface area contributed by atoms with Gasteiger partial charge in [-0.1, -0.05) is 23.9 Å². The Labute approximate surface area is 163 Å². The summed E-state index contributed by atoms with van der Waals surface area (Å²) in [6.45, 7) is 0. The second-order valence-electron chi connectivity index (χ2n) is 7.01. The highest BCUT2D eigenvalue weighted by Crippen LogP contribution is 2.53. The number of carbonyl (C=O) groups excluding carboxylic acids is 3. The molecular weight excluding hydrogens is 384 g/mol. The first-order valence-corrected chi connectivity index (χ1v) is 10.5. The molecule has 1 saturated heterocycles. The topological polar surface area (TPSA) is 76.6 Å². The number of rotatable bonds is 4. The Bertz CT molecular complexity index is 984. The minimum absolute atomic E-state index is 0.0778. The van der Waals surface area contributed by atoms with Gasteiger partial charge in [-0.2, -0.15) is 0 Å². The second kappa shape index (κ2) is 6.17. The van der Waals surface area contributed by atoms with E-state index in [-0.39, 0.29) is 47.2 Å². The summed E-state index contributed by atoms with van der Waals surface area (Å²) in [5, 5.41) is 0. The van der Waals surface area contributed by atoms with Crippen molar-refractivity contribution in [1.82, 2.24) is 4.98 Å². The molecule has 8 heteroatoms. The maximum atomic E-state index is 12.9. The number of esters is 1. The van der Waals surface area contributed by atoms with E-state index in [2.05, 4.69) is 21.9 Å². The lowest BCUT2D eigenvalue weighted by molar-refractivity contribution is -0.137. The molecule has 0 spiro atoms. The van der Waals surface area contributed by atoms with Crippen LogP contribution in [0.4, 0.5) is 5.69 Å². The monoisotopic (exact) mass is 400 g/mol. The van der Waals surface area contributed by atoms with Crippen LogP contribution in [0.5, 0.6) is 0 Å². The number of imide groups is 1. The smallest absolute Gasteiger partial charge is 0.316 e. The van der Waals surface area contributed by atoms with Crippen molar-refractivity contribution in [1.29, 1.82) is 0 Å². The van der Waals surface area contributed by atoms with E-state index in [1.807, 2.05) is 12.1 Å². The van der Waals surface area contributed by atoms with E-state index in [9.17, 15) is 14.4 Å². The van der Waals surface area contributed by atoms with Crippen LogP contribution in [0.1, 0.15) is 6.42 Å². The van der Waals surface area contributed by atoms with Gasteiger partial charge in [-0.05, 0) is 36.5 Å². The number of hydrogen-bond acceptors (Lipinski definition) is 7. The maximum absolute atomic E-state index is 12.9. The van der Waals surface area contributed by atoms with E-state index >= 15 is 0 Å². The number of benzene rings is 1. The molecule has 1 aliphatic heterocycles. The van der Waals surface area contributed by atoms with E-state index in [1.54, 1.807) is 6.07 Å². The number of amides is 2. The van der Waals surface area contributed by atoms with Gasteiger partial charge in [-0.3, -0.25) is 14.4 Å². The molecule has 1 aromatic carbocycles. The van der Waals surface area contributed by atoms with Crippen LogP contribution in [0, 0.1) is 23.7 Å². The molecule has 4 atom stereocenters. The third-order valence-corrected chi connectivity index (χ3v) is 7.76. The summed E-state index contributed by atoms with van der Waals surface area (Å²) < 4.78 is 6.29. The van der Waals surface area contributed by atoms with Gasteiger partial charge in [0.05, 0.1) is 40.6 Å². The van der Waals surface area contributed by atoms with Crippen LogP contribution in [0.15, 0.2) is 34.7 Å². The van der Waals surface area contributed by atoms with Gasteiger partial charge in [-0.15, -0.1) is 11.3 Å². The molecule has 3 aliphatic rings. The van der Waals surface area contributed by atoms with Gasteiger partial charge in [0.15, 0.2) is 4.34 Å². The molecule has 2 amide bonds. The third-order valence-electron chi connectivity index (χ3n) is 5.62. The fourth-order valence-corrected chi connectivity index (χ4v) is 6.36. The lowest BCUT2D eigenvalue weighted by atomic mass is 9.85. The first-order valence-electron chi connectivity index (χ1n) is 8.73. The molecule has 27 heavy (non-hydrogen) atoms. The molecule has 2 aromatic rings. The molecule has 2 bridgehead atoms. The number of aromatic nitrogens is 1. The first kappa shape index (κ1) is 16.9. The number of allylic oxidation sites excluding steroid dienone is 2. The van der Waals surface area contributed by atoms with E-state index in [4.69, 9.17) is 0 Å². The lowest BCUT2D eigenvalue weighted by Crippen LogP contribution is -2.32. The molecule has 1 saturated carbocycles. The van der Waals surface area contributed by atoms with Crippen molar-refractivity contribution in [3.63, 3.8) is 0 Å². The molecule has 2 fully saturated rings. The summed E-state index contributed by atoms with van der Waals surface area (Å²) in [5.41, 5.74) is 1.40. The molecule has 0 N–H and O–H groups in total. The zero-order valence-corrected chi connectivity index (χ0v) is 16.1. The predicted octanol–water partition coefficient (Wildman–Crippen LogP) is 2.87. The number of thioether (sulfide) groups is 1. The van der Waals surface area contributed by atoms with Gasteiger partial charge in [0.25, 0.3) is 0 Å². The predicted molar refractivity (Wildman–Crippen MR) is 103 cm³/mol. The molecule has 0 unspecified atom stereocenters. The number of ether oxygens (including phenoxy) is 1. The van der Waals surface area contributed by atoms with Crippen LogP contribution < -0.4 is 4.90 Å². The highest BCUT2D eigenvalue weighted by molar-refractivity contribution is 8.01. The highest BCUT2D eigenvalue weighted by Gasteiger charge is 2.59. The number of fused-ring (bicyclic) bond motifs is 6. The van der Waals surface area contributed by atoms with Crippen molar-refractivity contribution >= 4 is 56.8 Å². The number of carbonyl (C=O) groups is 3. The first-order chi connectivity index (χ1) is 13.1. The van der Waals surface area contributed by atoms with Crippen molar-refractivity contribution in [3.8, 4) is 0 Å². The summed E-state index contributed by atoms with van der Waals surface area (Å²) in [6, 6.07) is 5.45. The SMILES string of the molecule is COC(=O)CSc1nc2ccc(N3C(=O)[C@@H]4[C@H](C3=O)[C@H]3C=C[C@H]4C3)cc2s1. The van der Waals surface area contributed by atoms with Crippen molar-refractivity contribution in [3.05, 3.63) is 30.4 Å². The molecule has 2 aliphatic carbocycles. The molecule has 2 heterocycles. The molecule has 138 valence electrons. The Morgan fingerprint density at radius 3 is 2.63 bits per heavy atom. The van der Waals surface area contributed by atoms with Crippen molar-refractivity contribution < 1.29 is 19.1 Å². The van der Waals surface area contributed by atoms with Crippen LogP contribution in [0.2, 0.25) is 0 Å². The minimum Gasteiger partial charge on any atom is -0.468 e. The van der Waals surface area contributed by atoms with Crippen molar-refractivity contribution in [2.75, 3.05) is 17.8 Å². The van der Waals surface area contributed by atoms with Gasteiger partial charge >= 0.3 is 5.97 Å². The van der Waals surface area contributed by atoms with E-state index in [1.165, 1.54) is 35.1 Å². The number of anilines is 1. The minimum atomic E-state index is -0.303. The molecule has 6 nitrogen and oxygen atoms in total. The normalized spacial score (nSPS) is 28.4. The number of methoxy groups -OCH3 is 1. The van der Waals surface area contributed by atoms with Crippen LogP contribution in [-0.4, -0.2) is 35.6 Å². The van der Waals surface area contributed by atoms with Gasteiger partial charge in [0.1, 0.15) is 0 Å². The van der Waals surface area contributed by atoms with E-state index < -0.39 is 0 Å². The van der Waals surface area contributed by atoms with Gasteiger partial charge in [0, 0.05) is 0 Å². The van der Waals surface area contributed by atoms with Gasteiger partial charge in [-0.25, -0.2) is 9.88 Å². The number of hydrogen-bond donors (Lipinski definition) is 0. The second-order valence-corrected chi connectivity index (χ2v) is 9.26. The Morgan fingerprint density at radius 1 is 1.26 bits per heavy atom. The average Bonchev–Trinajstić information content (AvgIpc) is 3.42. The Balaban J connectivity index is 1.43. The zero-order chi connectivity index (χ0) is 18.7. The summed E-state index contributed by atoms with van der Waals surface area (Å²) in [5.74, 6) is -0.248. The number of thiazole rings is 1. The lowest BCUT2D eigenvalue weighted by Gasteiger charge is -2.17. The summed E-state index contributed by atoms with van der Waals surface area (Å²) in [4.78, 5) is 43.0. The van der Waals surface area contributed by atoms with Gasteiger partial charge < -0.3 is 4.74 Å². The van der Waals surface area contributed by atoms with Crippen LogP contribution >= 0.6 is 23.1 Å². The Hall–Kier alpha value is -2.19. The standard InChI is InChI=1S/C19H16N2O4S2/c1-25-14(22)8-26-19-20-12-5-4-11(7-13(12)27-19)21-17(23)15-9-2-3-10(6-9)16(15)18(21)24/h2-5,7,9-10,15-16H,6,8H2,1H3/t9-,10-,15-,16+/m0/s1. The molecule has 1 aromatic heterocycles. The van der Waals surface area contributed by atoms with Crippen molar-refractivity contribution in [2.24, 2.45) is 23.7 Å². The molecular formula is C19H16N2O4S2. The molecule has 0 radical (unpaired) electrons. The Kier molecular flexibility index (Phi) is 3.87. The van der Waals surface area contributed by atoms with Crippen LogP contribution in [0.25, 0.3) is 10.2 Å². The molecule has 5 rings (SSSR count). The maximum Gasteiger partial charge on any atom is 0.316 e. The van der Waals surface area contributed by atoms with Crippen LogP contribution in [0.3, 0.4) is 0 Å². The van der Waals surface area contributed by atoms with E-state index in [0.29, 0.717) is 5.69 Å². The fraction of sp³-hybridized carbons (Fsp3) is 0.368. The summed E-state index contributed by atoms with van der Waals surface area (Å²) >= 11 is 2.76. The van der Waals surface area contributed by atoms with Gasteiger partial charge in [0.2, 0.25) is 11.8 Å². The summed E-state index contributed by atoms with van der Waals surface area (Å²) in [7, 11) is 1.36.